The summed E-state index contributed by atoms with van der Waals surface area (Å²) in [6, 6.07) is 0. The maximum Gasteiger partial charge on any atom is 0.172 e. The maximum atomic E-state index is 14.5. The van der Waals surface area contributed by atoms with E-state index < -0.39 is 22.2 Å². The van der Waals surface area contributed by atoms with E-state index >= 15 is 0 Å². The van der Waals surface area contributed by atoms with Gasteiger partial charge in [0.15, 0.2) is 11.4 Å². The smallest absolute Gasteiger partial charge is 0.172 e. The van der Waals surface area contributed by atoms with Gasteiger partial charge in [0.05, 0.1) is 5.41 Å². The fourth-order valence-electron chi connectivity index (χ4n) is 7.30. The van der Waals surface area contributed by atoms with E-state index in [9.17, 15) is 15.0 Å². The molecule has 3 aliphatic carbocycles. The van der Waals surface area contributed by atoms with Gasteiger partial charge in [0, 0.05) is 17.4 Å². The third kappa shape index (κ3) is 3.58. The predicted octanol–water partition coefficient (Wildman–Crippen LogP) is 6.51. The van der Waals surface area contributed by atoms with Crippen molar-refractivity contribution in [2.24, 2.45) is 17.3 Å². The predicted molar refractivity (Wildman–Crippen MR) is 141 cm³/mol. The van der Waals surface area contributed by atoms with E-state index in [1.807, 2.05) is 40.7 Å². The third-order valence-corrected chi connectivity index (χ3v) is 9.25. The van der Waals surface area contributed by atoms with E-state index in [1.165, 1.54) is 11.1 Å². The van der Waals surface area contributed by atoms with Crippen LogP contribution in [-0.2, 0) is 9.53 Å². The number of carbonyl (C=O) groups is 1. The van der Waals surface area contributed by atoms with Crippen molar-refractivity contribution in [3.63, 3.8) is 0 Å². The number of carbonyl (C=O) groups excluding carboxylic acids is 1. The molecule has 0 amide bonds. The summed E-state index contributed by atoms with van der Waals surface area (Å²) >= 11 is 0. The molecule has 35 heavy (non-hydrogen) atoms. The van der Waals surface area contributed by atoms with Crippen molar-refractivity contribution in [2.45, 2.75) is 111 Å². The van der Waals surface area contributed by atoms with Crippen molar-refractivity contribution in [3.05, 3.63) is 57.9 Å². The number of Topliss-reactive ketones (excluding diaryl/α,β-unsaturated/α-hetero) is 1. The average molecular weight is 481 g/mol. The van der Waals surface area contributed by atoms with Crippen LogP contribution >= 0.6 is 0 Å². The van der Waals surface area contributed by atoms with E-state index in [2.05, 4.69) is 39.0 Å². The van der Waals surface area contributed by atoms with Crippen LogP contribution in [0.2, 0.25) is 0 Å². The first kappa shape index (κ1) is 26.2. The number of ketones is 1. The SMILES string of the molecule is CC(C)=CCC/C(C)=C/C[C@]12CC=C(C)[C@@H]3C[C@@H]4C(C)(C)OC(=C(CC=C(C)C)C1=O)[C@]4(O)[C@@]32O. The van der Waals surface area contributed by atoms with Gasteiger partial charge in [-0.05, 0) is 93.9 Å². The van der Waals surface area contributed by atoms with Crippen LogP contribution in [0.5, 0.6) is 0 Å². The topological polar surface area (TPSA) is 66.8 Å². The average Bonchev–Trinajstić information content (AvgIpc) is 3.13. The van der Waals surface area contributed by atoms with E-state index in [0.717, 1.165) is 24.0 Å². The van der Waals surface area contributed by atoms with Crippen LogP contribution in [0, 0.1) is 17.3 Å². The molecule has 2 fully saturated rings. The number of aliphatic hydroxyl groups is 2. The number of rotatable bonds is 7. The van der Waals surface area contributed by atoms with Crippen LogP contribution in [-0.4, -0.2) is 32.8 Å². The zero-order valence-corrected chi connectivity index (χ0v) is 22.9. The van der Waals surface area contributed by atoms with Crippen LogP contribution in [0.15, 0.2) is 57.9 Å². The van der Waals surface area contributed by atoms with Gasteiger partial charge in [0.1, 0.15) is 17.0 Å². The molecule has 1 aliphatic heterocycles. The highest BCUT2D eigenvalue weighted by molar-refractivity contribution is 6.04. The molecule has 5 atom stereocenters. The van der Waals surface area contributed by atoms with Crippen LogP contribution in [0.3, 0.4) is 0 Å². The molecule has 4 nitrogen and oxygen atoms in total. The summed E-state index contributed by atoms with van der Waals surface area (Å²) in [5.41, 5.74) is 0.309. The first-order valence-electron chi connectivity index (χ1n) is 13.2. The number of allylic oxidation sites excluding steroid dienone is 8. The van der Waals surface area contributed by atoms with Gasteiger partial charge in [0.2, 0.25) is 0 Å². The second kappa shape index (κ2) is 8.59. The Hall–Kier alpha value is -1.91. The molecular formula is C31H44O4. The van der Waals surface area contributed by atoms with Crippen molar-refractivity contribution in [2.75, 3.05) is 0 Å². The highest BCUT2D eigenvalue weighted by atomic mass is 16.5. The Morgan fingerprint density at radius 3 is 2.37 bits per heavy atom. The second-order valence-electron chi connectivity index (χ2n) is 12.5. The lowest BCUT2D eigenvalue weighted by molar-refractivity contribution is -0.214. The fourth-order valence-corrected chi connectivity index (χ4v) is 7.30. The third-order valence-electron chi connectivity index (χ3n) is 9.25. The summed E-state index contributed by atoms with van der Waals surface area (Å²) in [5.74, 6) is -0.275. The van der Waals surface area contributed by atoms with Gasteiger partial charge in [-0.1, -0.05) is 46.6 Å². The summed E-state index contributed by atoms with van der Waals surface area (Å²) in [7, 11) is 0. The molecule has 0 unspecified atom stereocenters. The highest BCUT2D eigenvalue weighted by Crippen LogP contribution is 2.72. The van der Waals surface area contributed by atoms with E-state index in [4.69, 9.17) is 4.74 Å². The van der Waals surface area contributed by atoms with Crippen molar-refractivity contribution in [1.82, 2.24) is 0 Å². The summed E-state index contributed by atoms with van der Waals surface area (Å²) in [4.78, 5) is 14.5. The molecule has 0 aromatic rings. The normalized spacial score (nSPS) is 37.0. The fraction of sp³-hybridized carbons (Fsp3) is 0.645. The van der Waals surface area contributed by atoms with Crippen LogP contribution < -0.4 is 0 Å². The molecule has 1 saturated carbocycles. The Labute approximate surface area is 211 Å². The van der Waals surface area contributed by atoms with Crippen molar-refractivity contribution >= 4 is 5.78 Å². The molecule has 4 rings (SSSR count). The largest absolute Gasteiger partial charge is 0.488 e. The molecule has 192 valence electrons. The lowest BCUT2D eigenvalue weighted by Crippen LogP contribution is -2.71. The second-order valence-corrected chi connectivity index (χ2v) is 12.5. The maximum absolute atomic E-state index is 14.5. The van der Waals surface area contributed by atoms with Gasteiger partial charge in [-0.25, -0.2) is 0 Å². The molecule has 0 aromatic carbocycles. The lowest BCUT2D eigenvalue weighted by Gasteiger charge is -2.57. The van der Waals surface area contributed by atoms with Gasteiger partial charge < -0.3 is 14.9 Å². The molecule has 0 aromatic heterocycles. The van der Waals surface area contributed by atoms with Crippen molar-refractivity contribution < 1.29 is 19.7 Å². The Morgan fingerprint density at radius 2 is 1.74 bits per heavy atom. The van der Waals surface area contributed by atoms with E-state index in [0.29, 0.717) is 37.0 Å². The van der Waals surface area contributed by atoms with Gasteiger partial charge in [-0.2, -0.15) is 0 Å². The van der Waals surface area contributed by atoms with Gasteiger partial charge in [-0.15, -0.1) is 0 Å². The van der Waals surface area contributed by atoms with Crippen molar-refractivity contribution in [1.29, 1.82) is 0 Å². The quantitative estimate of drug-likeness (QED) is 0.408. The van der Waals surface area contributed by atoms with Crippen LogP contribution in [0.25, 0.3) is 0 Å². The zero-order chi connectivity index (χ0) is 26.0. The Morgan fingerprint density at radius 1 is 1.09 bits per heavy atom. The molecule has 1 saturated heterocycles. The van der Waals surface area contributed by atoms with Crippen LogP contribution in [0.1, 0.15) is 93.9 Å². The summed E-state index contributed by atoms with van der Waals surface area (Å²) in [6.07, 6.45) is 12.3. The highest BCUT2D eigenvalue weighted by Gasteiger charge is 2.83. The van der Waals surface area contributed by atoms with Gasteiger partial charge in [-0.3, -0.25) is 4.79 Å². The molecule has 4 heteroatoms. The van der Waals surface area contributed by atoms with Crippen LogP contribution in [0.4, 0.5) is 0 Å². The molecule has 0 radical (unpaired) electrons. The summed E-state index contributed by atoms with van der Waals surface area (Å²) in [6.45, 7) is 16.3. The number of hydrogen-bond acceptors (Lipinski definition) is 4. The molecule has 4 aliphatic rings. The minimum atomic E-state index is -1.59. The van der Waals surface area contributed by atoms with E-state index in [1.54, 1.807) is 0 Å². The molecule has 0 spiro atoms. The van der Waals surface area contributed by atoms with Crippen molar-refractivity contribution in [3.8, 4) is 0 Å². The monoisotopic (exact) mass is 480 g/mol. The van der Waals surface area contributed by atoms with Gasteiger partial charge in [0.25, 0.3) is 0 Å². The number of ether oxygens (including phenoxy) is 1. The van der Waals surface area contributed by atoms with E-state index in [-0.39, 0.29) is 17.6 Å². The molecular weight excluding hydrogens is 436 g/mol. The Bertz CT molecular complexity index is 1080. The summed E-state index contributed by atoms with van der Waals surface area (Å²) < 4.78 is 6.39. The minimum absolute atomic E-state index is 0.0578. The summed E-state index contributed by atoms with van der Waals surface area (Å²) in [5, 5.41) is 25.3. The first-order chi connectivity index (χ1) is 16.2. The Balaban J connectivity index is 1.88. The minimum Gasteiger partial charge on any atom is -0.488 e. The molecule has 1 heterocycles. The number of hydrogen-bond donors (Lipinski definition) is 2. The zero-order valence-electron chi connectivity index (χ0n) is 22.9. The molecule has 2 N–H and O–H groups in total. The first-order valence-corrected chi connectivity index (χ1v) is 13.2. The van der Waals surface area contributed by atoms with Gasteiger partial charge >= 0.3 is 0 Å². The standard InChI is InChI=1S/C31H44O4/c1-19(2)10-9-11-21(5)14-16-29-17-15-22(6)24-18-25-28(7,8)35-27(30(25,33)31(24,29)34)23(26(29)32)13-12-20(3)4/h10,12,14-15,24-25,33-34H,9,11,13,16-18H2,1-8H3/b21-14+/t24-,25+,29-,30-,31+/m0/s1. The Kier molecular flexibility index (Phi) is 6.42. The molecule has 0 bridgehead atoms. The lowest BCUT2D eigenvalue weighted by atomic mass is 9.48.